The maximum Gasteiger partial charge on any atom is 0.317 e. The van der Waals surface area contributed by atoms with Crippen molar-refractivity contribution in [3.63, 3.8) is 0 Å². The minimum Gasteiger partial charge on any atom is -0.480 e. The molecule has 18 heavy (non-hydrogen) atoms. The number of rotatable bonds is 9. The van der Waals surface area contributed by atoms with Gasteiger partial charge in [-0.1, -0.05) is 20.8 Å². The first-order valence-electron chi connectivity index (χ1n) is 6.69. The van der Waals surface area contributed by atoms with Crippen molar-refractivity contribution in [1.82, 2.24) is 10.2 Å². The minimum absolute atomic E-state index is 0.0913. The van der Waals surface area contributed by atoms with E-state index in [-0.39, 0.29) is 31.1 Å². The Morgan fingerprint density at radius 3 is 2.06 bits per heavy atom. The smallest absolute Gasteiger partial charge is 0.317 e. The molecule has 0 saturated heterocycles. The lowest BCUT2D eigenvalue weighted by Gasteiger charge is -2.26. The van der Waals surface area contributed by atoms with Crippen molar-refractivity contribution in [2.24, 2.45) is 0 Å². The number of nitrogens with one attached hydrogen (secondary N) is 1. The van der Waals surface area contributed by atoms with Crippen molar-refractivity contribution in [2.45, 2.75) is 59.0 Å². The third kappa shape index (κ3) is 6.59. The quantitative estimate of drug-likeness (QED) is 0.657. The van der Waals surface area contributed by atoms with Gasteiger partial charge in [0.15, 0.2) is 0 Å². The molecule has 1 unspecified atom stereocenters. The Hall–Kier alpha value is -1.10. The Bertz CT molecular complexity index is 265. The molecule has 0 saturated carbocycles. The summed E-state index contributed by atoms with van der Waals surface area (Å²) in [5.41, 5.74) is 0. The lowest BCUT2D eigenvalue weighted by atomic mass is 10.1. The first-order valence-corrected chi connectivity index (χ1v) is 6.69. The lowest BCUT2D eigenvalue weighted by molar-refractivity contribution is -0.139. The summed E-state index contributed by atoms with van der Waals surface area (Å²) in [4.78, 5) is 24.3. The van der Waals surface area contributed by atoms with Crippen LogP contribution < -0.4 is 5.32 Å². The summed E-state index contributed by atoms with van der Waals surface area (Å²) >= 11 is 0. The summed E-state index contributed by atoms with van der Waals surface area (Å²) < 4.78 is 0. The first-order chi connectivity index (χ1) is 8.44. The van der Waals surface area contributed by atoms with Crippen molar-refractivity contribution >= 4 is 11.9 Å². The molecule has 5 heteroatoms. The molecule has 0 spiro atoms. The van der Waals surface area contributed by atoms with Gasteiger partial charge in [0.25, 0.3) is 0 Å². The molecule has 0 radical (unpaired) electrons. The van der Waals surface area contributed by atoms with E-state index in [0.29, 0.717) is 0 Å². The summed E-state index contributed by atoms with van der Waals surface area (Å²) in [7, 11) is 0. The molecule has 0 heterocycles. The number of carboxylic acid groups (broad SMARTS) is 1. The number of amides is 1. The number of carbonyl (C=O) groups is 2. The Morgan fingerprint density at radius 1 is 1.11 bits per heavy atom. The van der Waals surface area contributed by atoms with E-state index in [2.05, 4.69) is 5.32 Å². The fourth-order valence-electron chi connectivity index (χ4n) is 1.75. The molecule has 1 amide bonds. The van der Waals surface area contributed by atoms with Gasteiger partial charge in [0.2, 0.25) is 5.91 Å². The van der Waals surface area contributed by atoms with Crippen LogP contribution >= 0.6 is 0 Å². The number of carboxylic acids is 1. The van der Waals surface area contributed by atoms with Gasteiger partial charge in [-0.05, 0) is 26.2 Å². The van der Waals surface area contributed by atoms with Crippen LogP contribution in [0.25, 0.3) is 0 Å². The van der Waals surface area contributed by atoms with Crippen molar-refractivity contribution in [2.75, 3.05) is 13.1 Å². The van der Waals surface area contributed by atoms with Crippen molar-refractivity contribution in [3.8, 4) is 0 Å². The molecule has 0 aromatic rings. The van der Waals surface area contributed by atoms with E-state index in [0.717, 1.165) is 19.3 Å². The van der Waals surface area contributed by atoms with Crippen LogP contribution in [-0.2, 0) is 9.59 Å². The van der Waals surface area contributed by atoms with Crippen LogP contribution in [0.3, 0.4) is 0 Å². The molecule has 0 aromatic heterocycles. The minimum atomic E-state index is -0.898. The highest BCUT2D eigenvalue weighted by Gasteiger charge is 2.19. The molecule has 0 aliphatic heterocycles. The molecular formula is C13H26N2O3. The highest BCUT2D eigenvalue weighted by atomic mass is 16.4. The molecule has 0 fully saturated rings. The normalized spacial score (nSPS) is 12.8. The Morgan fingerprint density at radius 2 is 1.67 bits per heavy atom. The second kappa shape index (κ2) is 8.91. The van der Waals surface area contributed by atoms with Gasteiger partial charge >= 0.3 is 5.97 Å². The van der Waals surface area contributed by atoms with E-state index >= 15 is 0 Å². The summed E-state index contributed by atoms with van der Waals surface area (Å²) in [6, 6.07) is 0.273. The van der Waals surface area contributed by atoms with Crippen molar-refractivity contribution < 1.29 is 14.7 Å². The van der Waals surface area contributed by atoms with Gasteiger partial charge in [0, 0.05) is 12.1 Å². The van der Waals surface area contributed by atoms with Gasteiger partial charge in [0.1, 0.15) is 0 Å². The standard InChI is InChI=1S/C13H26N2O3/c1-5-10(4)15(9-13(17)18)8-12(16)14-11(6-2)7-3/h10-11H,5-9H2,1-4H3,(H,14,16)(H,17,18). The Kier molecular flexibility index (Phi) is 8.37. The average molecular weight is 258 g/mol. The maximum atomic E-state index is 11.8. The van der Waals surface area contributed by atoms with Gasteiger partial charge in [0.05, 0.1) is 13.1 Å². The largest absolute Gasteiger partial charge is 0.480 e. The van der Waals surface area contributed by atoms with Crippen LogP contribution in [0.2, 0.25) is 0 Å². The van der Waals surface area contributed by atoms with Crippen LogP contribution in [0, 0.1) is 0 Å². The molecule has 5 nitrogen and oxygen atoms in total. The Labute approximate surface area is 110 Å². The second-order valence-corrected chi connectivity index (χ2v) is 4.64. The van der Waals surface area contributed by atoms with Crippen LogP contribution in [0.1, 0.15) is 47.0 Å². The summed E-state index contributed by atoms with van der Waals surface area (Å²) in [5.74, 6) is -0.990. The van der Waals surface area contributed by atoms with E-state index in [4.69, 9.17) is 5.11 Å². The molecule has 106 valence electrons. The van der Waals surface area contributed by atoms with Gasteiger partial charge in [-0.3, -0.25) is 14.5 Å². The third-order valence-electron chi connectivity index (χ3n) is 3.25. The fraction of sp³-hybridized carbons (Fsp3) is 0.846. The first kappa shape index (κ1) is 16.9. The number of carbonyl (C=O) groups excluding carboxylic acids is 1. The summed E-state index contributed by atoms with van der Waals surface area (Å²) in [5, 5.41) is 11.8. The van der Waals surface area contributed by atoms with Crippen molar-refractivity contribution in [1.29, 1.82) is 0 Å². The van der Waals surface area contributed by atoms with Crippen LogP contribution in [0.5, 0.6) is 0 Å². The third-order valence-corrected chi connectivity index (χ3v) is 3.25. The molecule has 0 rings (SSSR count). The van der Waals surface area contributed by atoms with Gasteiger partial charge in [-0.15, -0.1) is 0 Å². The number of hydrogen-bond acceptors (Lipinski definition) is 3. The van der Waals surface area contributed by atoms with Gasteiger partial charge in [-0.25, -0.2) is 0 Å². The summed E-state index contributed by atoms with van der Waals surface area (Å²) in [6.07, 6.45) is 2.61. The number of aliphatic carboxylic acids is 1. The van der Waals surface area contributed by atoms with E-state index in [9.17, 15) is 9.59 Å². The molecule has 0 aliphatic carbocycles. The van der Waals surface area contributed by atoms with Crippen molar-refractivity contribution in [3.05, 3.63) is 0 Å². The molecule has 2 N–H and O–H groups in total. The molecule has 0 aromatic carbocycles. The van der Waals surface area contributed by atoms with Gasteiger partial charge < -0.3 is 10.4 Å². The Balaban J connectivity index is 4.38. The fourth-order valence-corrected chi connectivity index (χ4v) is 1.75. The zero-order chi connectivity index (χ0) is 14.1. The van der Waals surface area contributed by atoms with Crippen LogP contribution in [0.15, 0.2) is 0 Å². The highest BCUT2D eigenvalue weighted by molar-refractivity contribution is 5.79. The van der Waals surface area contributed by atoms with Crippen LogP contribution in [0.4, 0.5) is 0 Å². The predicted molar refractivity (Wildman–Crippen MR) is 71.5 cm³/mol. The highest BCUT2D eigenvalue weighted by Crippen LogP contribution is 2.03. The van der Waals surface area contributed by atoms with Crippen LogP contribution in [-0.4, -0.2) is 47.1 Å². The SMILES string of the molecule is CCC(CC)NC(=O)CN(CC(=O)O)C(C)CC. The molecule has 0 bridgehead atoms. The van der Waals surface area contributed by atoms with Gasteiger partial charge in [-0.2, -0.15) is 0 Å². The van der Waals surface area contributed by atoms with E-state index < -0.39 is 5.97 Å². The zero-order valence-corrected chi connectivity index (χ0v) is 11.9. The molecule has 0 aliphatic rings. The topological polar surface area (TPSA) is 69.6 Å². The monoisotopic (exact) mass is 258 g/mol. The molecular weight excluding hydrogens is 232 g/mol. The van der Waals surface area contributed by atoms with E-state index in [1.165, 1.54) is 0 Å². The average Bonchev–Trinajstić information content (AvgIpc) is 2.33. The lowest BCUT2D eigenvalue weighted by Crippen LogP contribution is -2.46. The maximum absolute atomic E-state index is 11.8. The summed E-state index contributed by atoms with van der Waals surface area (Å²) in [6.45, 7) is 8.03. The zero-order valence-electron chi connectivity index (χ0n) is 11.9. The molecule has 1 atom stereocenters. The number of nitrogens with zero attached hydrogens (tertiary/aromatic N) is 1. The van der Waals surface area contributed by atoms with E-state index in [1.807, 2.05) is 27.7 Å². The number of hydrogen-bond donors (Lipinski definition) is 2. The second-order valence-electron chi connectivity index (χ2n) is 4.64. The predicted octanol–water partition coefficient (Wildman–Crippen LogP) is 1.48. The van der Waals surface area contributed by atoms with E-state index in [1.54, 1.807) is 4.90 Å².